The molecule has 1 amide bonds. The summed E-state index contributed by atoms with van der Waals surface area (Å²) in [6.07, 6.45) is 6.68. The Hall–Kier alpha value is -1.93. The molecule has 31 heavy (non-hydrogen) atoms. The van der Waals surface area contributed by atoms with Crippen molar-refractivity contribution in [3.05, 3.63) is 24.0 Å². The average molecular weight is 449 g/mol. The lowest BCUT2D eigenvalue weighted by Crippen LogP contribution is -2.37. The van der Waals surface area contributed by atoms with Crippen LogP contribution in [0.4, 0.5) is 0 Å². The zero-order chi connectivity index (χ0) is 22.6. The first-order valence-electron chi connectivity index (χ1n) is 11.5. The first-order chi connectivity index (χ1) is 14.8. The van der Waals surface area contributed by atoms with Crippen molar-refractivity contribution in [1.82, 2.24) is 19.2 Å². The predicted molar refractivity (Wildman–Crippen MR) is 123 cm³/mol. The normalized spacial score (nSPS) is 19.8. The first-order valence-corrected chi connectivity index (χ1v) is 13.0. The van der Waals surface area contributed by atoms with Crippen molar-refractivity contribution in [1.29, 1.82) is 0 Å². The minimum atomic E-state index is -3.52. The third kappa shape index (κ3) is 5.29. The number of carbonyl (C=O) groups is 1. The Balaban J connectivity index is 1.66. The van der Waals surface area contributed by atoms with E-state index >= 15 is 0 Å². The van der Waals surface area contributed by atoms with Gasteiger partial charge in [0.1, 0.15) is 5.82 Å². The lowest BCUT2D eigenvalue weighted by atomic mass is 9.84. The summed E-state index contributed by atoms with van der Waals surface area (Å²) in [5.41, 5.74) is 1.51. The number of imidazole rings is 1. The number of aromatic nitrogens is 2. The third-order valence-corrected chi connectivity index (χ3v) is 8.70. The zero-order valence-electron chi connectivity index (χ0n) is 19.2. The van der Waals surface area contributed by atoms with Gasteiger partial charge in [-0.05, 0) is 49.8 Å². The van der Waals surface area contributed by atoms with Gasteiger partial charge in [-0.15, -0.1) is 0 Å². The molecule has 0 aliphatic heterocycles. The Morgan fingerprint density at radius 1 is 1.16 bits per heavy atom. The van der Waals surface area contributed by atoms with Gasteiger partial charge in [0.15, 0.2) is 0 Å². The zero-order valence-corrected chi connectivity index (χ0v) is 20.0. The molecule has 1 heterocycles. The molecule has 0 spiro atoms. The van der Waals surface area contributed by atoms with Gasteiger partial charge in [-0.2, -0.15) is 4.31 Å². The van der Waals surface area contributed by atoms with E-state index < -0.39 is 10.0 Å². The molecule has 0 atom stereocenters. The van der Waals surface area contributed by atoms with Crippen LogP contribution in [0.1, 0.15) is 65.1 Å². The van der Waals surface area contributed by atoms with Crippen LogP contribution < -0.4 is 5.32 Å². The van der Waals surface area contributed by atoms with E-state index in [1.54, 1.807) is 18.2 Å². The van der Waals surface area contributed by atoms with Gasteiger partial charge >= 0.3 is 0 Å². The fourth-order valence-electron chi connectivity index (χ4n) is 4.57. The van der Waals surface area contributed by atoms with Gasteiger partial charge in [-0.1, -0.05) is 27.2 Å². The monoisotopic (exact) mass is 448 g/mol. The summed E-state index contributed by atoms with van der Waals surface area (Å²) >= 11 is 0. The summed E-state index contributed by atoms with van der Waals surface area (Å²) in [6, 6.07) is 5.37. The summed E-state index contributed by atoms with van der Waals surface area (Å²) in [7, 11) is -1.61. The van der Waals surface area contributed by atoms with Crippen LogP contribution in [-0.4, -0.2) is 47.3 Å². The number of fused-ring (bicyclic) bond motifs is 1. The van der Waals surface area contributed by atoms with Crippen molar-refractivity contribution < 1.29 is 13.2 Å². The molecule has 1 N–H and O–H groups in total. The highest BCUT2D eigenvalue weighted by molar-refractivity contribution is 7.89. The average Bonchev–Trinajstić information content (AvgIpc) is 3.08. The van der Waals surface area contributed by atoms with Crippen LogP contribution in [0.2, 0.25) is 0 Å². The topological polar surface area (TPSA) is 84.3 Å². The number of amides is 1. The molecular weight excluding hydrogens is 412 g/mol. The quantitative estimate of drug-likeness (QED) is 0.635. The molecule has 8 heteroatoms. The van der Waals surface area contributed by atoms with E-state index in [0.717, 1.165) is 30.1 Å². The molecule has 1 aromatic carbocycles. The summed E-state index contributed by atoms with van der Waals surface area (Å²) in [6.45, 7) is 6.76. The summed E-state index contributed by atoms with van der Waals surface area (Å²) in [5.74, 6) is 1.66. The fourth-order valence-corrected chi connectivity index (χ4v) is 6.04. The van der Waals surface area contributed by atoms with E-state index in [1.165, 1.54) is 23.6 Å². The summed E-state index contributed by atoms with van der Waals surface area (Å²) < 4.78 is 29.0. The Kier molecular flexibility index (Phi) is 7.75. The third-order valence-electron chi connectivity index (χ3n) is 6.65. The molecule has 0 saturated heterocycles. The van der Waals surface area contributed by atoms with Crippen molar-refractivity contribution in [2.45, 2.75) is 76.7 Å². The molecule has 0 bridgehead atoms. The number of nitrogens with one attached hydrogen (secondary N) is 1. The van der Waals surface area contributed by atoms with Gasteiger partial charge < -0.3 is 9.88 Å². The predicted octanol–water partition coefficient (Wildman–Crippen LogP) is 3.62. The summed E-state index contributed by atoms with van der Waals surface area (Å²) in [5, 5.41) is 3.18. The summed E-state index contributed by atoms with van der Waals surface area (Å²) in [4.78, 5) is 17.4. The van der Waals surface area contributed by atoms with Gasteiger partial charge in [-0.25, -0.2) is 13.4 Å². The lowest BCUT2D eigenvalue weighted by Gasteiger charge is -2.28. The molecule has 1 saturated carbocycles. The molecule has 1 aliphatic carbocycles. The number of hydrogen-bond donors (Lipinski definition) is 1. The molecule has 3 rings (SSSR count). The number of hydrogen-bond acceptors (Lipinski definition) is 4. The Labute approximate surface area is 186 Å². The van der Waals surface area contributed by atoms with Gasteiger partial charge in [0.2, 0.25) is 15.9 Å². The minimum Gasteiger partial charge on any atom is -0.353 e. The van der Waals surface area contributed by atoms with Crippen molar-refractivity contribution in [3.8, 4) is 0 Å². The maximum absolute atomic E-state index is 12.8. The number of sulfonamides is 1. The van der Waals surface area contributed by atoms with Crippen LogP contribution in [0.3, 0.4) is 0 Å². The SMILES string of the molecule is CCC1CCC(NC(=O)CCc2nc3cc(S(=O)(=O)N(CC)CC)ccc3n2C)CC1. The number of rotatable bonds is 9. The Bertz CT molecular complexity index is 1000. The van der Waals surface area contributed by atoms with E-state index in [2.05, 4.69) is 17.2 Å². The molecule has 1 fully saturated rings. The number of aryl methyl sites for hydroxylation is 2. The van der Waals surface area contributed by atoms with Crippen LogP contribution >= 0.6 is 0 Å². The van der Waals surface area contributed by atoms with Crippen LogP contribution in [0, 0.1) is 5.92 Å². The van der Waals surface area contributed by atoms with Crippen molar-refractivity contribution in [2.75, 3.05) is 13.1 Å². The van der Waals surface area contributed by atoms with E-state index in [4.69, 9.17) is 0 Å². The fraction of sp³-hybridized carbons (Fsp3) is 0.652. The number of carbonyl (C=O) groups excluding carboxylic acids is 1. The molecule has 1 aliphatic rings. The van der Waals surface area contributed by atoms with E-state index in [1.807, 2.05) is 25.5 Å². The minimum absolute atomic E-state index is 0.0665. The largest absolute Gasteiger partial charge is 0.353 e. The van der Waals surface area contributed by atoms with Crippen LogP contribution in [0.25, 0.3) is 11.0 Å². The number of benzene rings is 1. The van der Waals surface area contributed by atoms with Crippen LogP contribution in [0.5, 0.6) is 0 Å². The number of nitrogens with zero attached hydrogens (tertiary/aromatic N) is 3. The maximum atomic E-state index is 12.8. The highest BCUT2D eigenvalue weighted by Crippen LogP contribution is 2.27. The van der Waals surface area contributed by atoms with Gasteiger partial charge in [0, 0.05) is 39.0 Å². The van der Waals surface area contributed by atoms with Crippen molar-refractivity contribution in [3.63, 3.8) is 0 Å². The molecule has 172 valence electrons. The van der Waals surface area contributed by atoms with E-state index in [-0.39, 0.29) is 10.8 Å². The Morgan fingerprint density at radius 3 is 2.45 bits per heavy atom. The van der Waals surface area contributed by atoms with E-state index in [0.29, 0.717) is 37.5 Å². The second kappa shape index (κ2) is 10.1. The van der Waals surface area contributed by atoms with Gasteiger partial charge in [0.05, 0.1) is 15.9 Å². The van der Waals surface area contributed by atoms with Gasteiger partial charge in [-0.3, -0.25) is 4.79 Å². The molecule has 0 radical (unpaired) electrons. The first kappa shape index (κ1) is 23.7. The molecule has 0 unspecified atom stereocenters. The van der Waals surface area contributed by atoms with Gasteiger partial charge in [0.25, 0.3) is 0 Å². The van der Waals surface area contributed by atoms with E-state index in [9.17, 15) is 13.2 Å². The smallest absolute Gasteiger partial charge is 0.243 e. The molecular formula is C23H36N4O3S. The second-order valence-corrected chi connectivity index (χ2v) is 10.5. The van der Waals surface area contributed by atoms with Crippen molar-refractivity contribution >= 4 is 27.0 Å². The van der Waals surface area contributed by atoms with Crippen LogP contribution in [-0.2, 0) is 28.3 Å². The molecule has 1 aromatic heterocycles. The maximum Gasteiger partial charge on any atom is 0.243 e. The molecule has 7 nitrogen and oxygen atoms in total. The standard InChI is InChI=1S/C23H36N4O3S/c1-5-17-8-10-18(11-9-17)24-23(28)15-14-22-25-20-16-19(12-13-21(20)26(22)4)31(29,30)27(6-2)7-3/h12-13,16-18H,5-11,14-15H2,1-4H3,(H,24,28). The molecule has 2 aromatic rings. The Morgan fingerprint density at radius 2 is 1.84 bits per heavy atom. The second-order valence-electron chi connectivity index (χ2n) is 8.52. The van der Waals surface area contributed by atoms with Crippen molar-refractivity contribution in [2.24, 2.45) is 13.0 Å². The highest BCUT2D eigenvalue weighted by Gasteiger charge is 2.23. The lowest BCUT2D eigenvalue weighted by molar-refractivity contribution is -0.122. The highest BCUT2D eigenvalue weighted by atomic mass is 32.2. The van der Waals surface area contributed by atoms with Crippen LogP contribution in [0.15, 0.2) is 23.1 Å².